The summed E-state index contributed by atoms with van der Waals surface area (Å²) < 4.78 is 10.6. The van der Waals surface area contributed by atoms with Crippen LogP contribution in [0.2, 0.25) is 0 Å². The zero-order chi connectivity index (χ0) is 16.2. The Kier molecular flexibility index (Phi) is 4.57. The minimum Gasteiger partial charge on any atom is -0.454 e. The minimum atomic E-state index is -0.241. The zero-order valence-electron chi connectivity index (χ0n) is 12.9. The average molecular weight is 331 g/mol. The lowest BCUT2D eigenvalue weighted by Crippen LogP contribution is -2.07. The number of hydrogen-bond acceptors (Lipinski definition) is 6. The number of hydrogen-bond donors (Lipinski definition) is 1. The molecule has 0 saturated carbocycles. The maximum atomic E-state index is 11.9. The molecular weight excluding hydrogens is 314 g/mol. The number of aromatic nitrogens is 2. The summed E-state index contributed by atoms with van der Waals surface area (Å²) in [6.07, 6.45) is 4.04. The van der Waals surface area contributed by atoms with Crippen LogP contribution in [-0.4, -0.2) is 22.9 Å². The van der Waals surface area contributed by atoms with Gasteiger partial charge in [-0.25, -0.2) is 0 Å². The molecule has 0 radical (unpaired) electrons. The van der Waals surface area contributed by atoms with E-state index in [1.807, 2.05) is 18.2 Å². The van der Waals surface area contributed by atoms with Crippen LogP contribution in [0.4, 0.5) is 5.13 Å². The molecule has 0 bridgehead atoms. The molecule has 23 heavy (non-hydrogen) atoms. The quantitative estimate of drug-likeness (QED) is 0.852. The Balaban J connectivity index is 1.59. The SMILES string of the molecule is CC(C)Cc1nnc(NC(=O)/C=C/c2ccc3c(c2)OCO3)s1. The van der Waals surface area contributed by atoms with Crippen molar-refractivity contribution in [1.29, 1.82) is 0 Å². The highest BCUT2D eigenvalue weighted by atomic mass is 32.1. The van der Waals surface area contributed by atoms with Crippen LogP contribution in [0, 0.1) is 5.92 Å². The van der Waals surface area contributed by atoms with Crippen molar-refractivity contribution >= 4 is 28.5 Å². The first-order valence-corrected chi connectivity index (χ1v) is 8.13. The first kappa shape index (κ1) is 15.5. The predicted molar refractivity (Wildman–Crippen MR) is 88.7 cm³/mol. The first-order chi connectivity index (χ1) is 11.1. The normalized spacial score (nSPS) is 13.0. The van der Waals surface area contributed by atoms with Gasteiger partial charge in [-0.05, 0) is 29.7 Å². The lowest BCUT2D eigenvalue weighted by molar-refractivity contribution is -0.111. The third kappa shape index (κ3) is 4.07. The Morgan fingerprint density at radius 1 is 1.35 bits per heavy atom. The number of carbonyl (C=O) groups is 1. The largest absolute Gasteiger partial charge is 0.454 e. The van der Waals surface area contributed by atoms with Crippen molar-refractivity contribution in [3.05, 3.63) is 34.8 Å². The van der Waals surface area contributed by atoms with Gasteiger partial charge in [0.15, 0.2) is 11.5 Å². The first-order valence-electron chi connectivity index (χ1n) is 7.31. The molecule has 2 aromatic rings. The summed E-state index contributed by atoms with van der Waals surface area (Å²) in [5, 5.41) is 12.2. The van der Waals surface area contributed by atoms with E-state index in [9.17, 15) is 4.79 Å². The van der Waals surface area contributed by atoms with E-state index in [4.69, 9.17) is 9.47 Å². The number of carbonyl (C=O) groups excluding carboxylic acids is 1. The van der Waals surface area contributed by atoms with Gasteiger partial charge in [0.25, 0.3) is 0 Å². The third-order valence-corrected chi connectivity index (χ3v) is 3.96. The van der Waals surface area contributed by atoms with Gasteiger partial charge in [-0.3, -0.25) is 10.1 Å². The monoisotopic (exact) mass is 331 g/mol. The molecule has 0 unspecified atom stereocenters. The van der Waals surface area contributed by atoms with Crippen molar-refractivity contribution < 1.29 is 14.3 Å². The molecule has 1 aliphatic heterocycles. The third-order valence-electron chi connectivity index (χ3n) is 3.10. The number of nitrogens with one attached hydrogen (secondary N) is 1. The average Bonchev–Trinajstić information content (AvgIpc) is 3.13. The zero-order valence-corrected chi connectivity index (χ0v) is 13.7. The second kappa shape index (κ2) is 6.78. The summed E-state index contributed by atoms with van der Waals surface area (Å²) in [6, 6.07) is 5.52. The van der Waals surface area contributed by atoms with E-state index >= 15 is 0 Å². The van der Waals surface area contributed by atoms with Gasteiger partial charge in [-0.15, -0.1) is 10.2 Å². The Hall–Kier alpha value is -2.41. The van der Waals surface area contributed by atoms with E-state index in [0.717, 1.165) is 22.7 Å². The van der Waals surface area contributed by atoms with Gasteiger partial charge < -0.3 is 9.47 Å². The molecule has 1 aromatic heterocycles. The molecule has 0 fully saturated rings. The van der Waals surface area contributed by atoms with Crippen LogP contribution in [0.25, 0.3) is 6.08 Å². The lowest BCUT2D eigenvalue weighted by Gasteiger charge is -1.98. The van der Waals surface area contributed by atoms with Crippen molar-refractivity contribution in [2.45, 2.75) is 20.3 Å². The molecule has 2 heterocycles. The Labute approximate surface area is 138 Å². The number of ether oxygens (including phenoxy) is 2. The van der Waals surface area contributed by atoms with Gasteiger partial charge in [-0.2, -0.15) is 0 Å². The molecular formula is C16H17N3O3S. The summed E-state index contributed by atoms with van der Waals surface area (Å²) in [5.41, 5.74) is 0.863. The van der Waals surface area contributed by atoms with Gasteiger partial charge in [0.05, 0.1) is 0 Å². The fourth-order valence-corrected chi connectivity index (χ4v) is 3.03. The van der Waals surface area contributed by atoms with Crippen LogP contribution in [0.3, 0.4) is 0 Å². The maximum Gasteiger partial charge on any atom is 0.250 e. The van der Waals surface area contributed by atoms with Crippen LogP contribution in [-0.2, 0) is 11.2 Å². The number of rotatable bonds is 5. The van der Waals surface area contributed by atoms with E-state index < -0.39 is 0 Å². The molecule has 6 nitrogen and oxygen atoms in total. The van der Waals surface area contributed by atoms with Gasteiger partial charge in [0.1, 0.15) is 5.01 Å². The highest BCUT2D eigenvalue weighted by Crippen LogP contribution is 2.32. The molecule has 1 aromatic carbocycles. The molecule has 3 rings (SSSR count). The van der Waals surface area contributed by atoms with Crippen molar-refractivity contribution in [3.8, 4) is 11.5 Å². The Morgan fingerprint density at radius 3 is 3.00 bits per heavy atom. The van der Waals surface area contributed by atoms with Crippen molar-refractivity contribution in [3.63, 3.8) is 0 Å². The van der Waals surface area contributed by atoms with Gasteiger partial charge >= 0.3 is 0 Å². The number of anilines is 1. The number of amides is 1. The smallest absolute Gasteiger partial charge is 0.250 e. The van der Waals surface area contributed by atoms with Gasteiger partial charge in [0.2, 0.25) is 17.8 Å². The molecule has 0 saturated heterocycles. The molecule has 1 aliphatic rings. The highest BCUT2D eigenvalue weighted by Gasteiger charge is 2.12. The molecule has 1 amide bonds. The molecule has 120 valence electrons. The molecule has 0 atom stereocenters. The second-order valence-electron chi connectivity index (χ2n) is 5.53. The van der Waals surface area contributed by atoms with E-state index in [1.54, 1.807) is 6.08 Å². The van der Waals surface area contributed by atoms with Crippen LogP contribution < -0.4 is 14.8 Å². The minimum absolute atomic E-state index is 0.235. The van der Waals surface area contributed by atoms with Crippen LogP contribution in [0.1, 0.15) is 24.4 Å². The van der Waals surface area contributed by atoms with E-state index in [2.05, 4.69) is 29.4 Å². The van der Waals surface area contributed by atoms with E-state index in [0.29, 0.717) is 16.8 Å². The summed E-state index contributed by atoms with van der Waals surface area (Å²) in [6.45, 7) is 4.47. The van der Waals surface area contributed by atoms with Crippen molar-refractivity contribution in [2.75, 3.05) is 12.1 Å². The van der Waals surface area contributed by atoms with Crippen molar-refractivity contribution in [1.82, 2.24) is 10.2 Å². The van der Waals surface area contributed by atoms with E-state index in [-0.39, 0.29) is 12.7 Å². The summed E-state index contributed by atoms with van der Waals surface area (Å²) in [7, 11) is 0. The number of nitrogens with zero attached hydrogens (tertiary/aromatic N) is 2. The fourth-order valence-electron chi connectivity index (χ4n) is 2.07. The Morgan fingerprint density at radius 2 is 2.17 bits per heavy atom. The topological polar surface area (TPSA) is 73.3 Å². The van der Waals surface area contributed by atoms with Crippen LogP contribution >= 0.6 is 11.3 Å². The lowest BCUT2D eigenvalue weighted by atomic mass is 10.1. The summed E-state index contributed by atoms with van der Waals surface area (Å²) in [5.74, 6) is 1.68. The fraction of sp³-hybridized carbons (Fsp3) is 0.312. The maximum absolute atomic E-state index is 11.9. The van der Waals surface area contributed by atoms with Gasteiger partial charge in [-0.1, -0.05) is 31.3 Å². The summed E-state index contributed by atoms with van der Waals surface area (Å²) >= 11 is 1.40. The highest BCUT2D eigenvalue weighted by molar-refractivity contribution is 7.15. The molecule has 0 aliphatic carbocycles. The predicted octanol–water partition coefficient (Wildman–Crippen LogP) is 3.12. The second-order valence-corrected chi connectivity index (χ2v) is 6.60. The number of fused-ring (bicyclic) bond motifs is 1. The van der Waals surface area contributed by atoms with E-state index in [1.165, 1.54) is 17.4 Å². The van der Waals surface area contributed by atoms with Crippen LogP contribution in [0.5, 0.6) is 11.5 Å². The molecule has 0 spiro atoms. The Bertz CT molecular complexity index is 740. The standard InChI is InChI=1S/C16H17N3O3S/c1-10(2)7-15-18-19-16(23-15)17-14(20)6-4-11-3-5-12-13(8-11)22-9-21-12/h3-6,8,10H,7,9H2,1-2H3,(H,17,19,20)/b6-4+. The number of benzene rings is 1. The summed E-state index contributed by atoms with van der Waals surface area (Å²) in [4.78, 5) is 11.9. The molecule has 7 heteroatoms. The van der Waals surface area contributed by atoms with Crippen molar-refractivity contribution in [2.24, 2.45) is 5.92 Å². The van der Waals surface area contributed by atoms with Gasteiger partial charge in [0, 0.05) is 12.5 Å². The van der Waals surface area contributed by atoms with Crippen LogP contribution in [0.15, 0.2) is 24.3 Å². The molecule has 1 N–H and O–H groups in total.